The Morgan fingerprint density at radius 1 is 0.225 bits per heavy atom. The van der Waals surface area contributed by atoms with Crippen LogP contribution in [0, 0.1) is 123 Å². The van der Waals surface area contributed by atoms with E-state index in [1.807, 2.05) is 0 Å². The van der Waals surface area contributed by atoms with Crippen molar-refractivity contribution in [3.63, 3.8) is 0 Å². The number of hydrogen-bond acceptors (Lipinski definition) is 0. The molecule has 498 valence electrons. The molecular formula is C67H82BF20N. The molecule has 5 aromatic carbocycles. The van der Waals surface area contributed by atoms with Gasteiger partial charge in [0.1, 0.15) is 58.4 Å². The lowest BCUT2D eigenvalue weighted by Gasteiger charge is -2.44. The molecule has 0 unspecified atom stereocenters. The van der Waals surface area contributed by atoms with Crippen LogP contribution in [-0.2, 0) is 0 Å². The van der Waals surface area contributed by atoms with E-state index in [-0.39, 0.29) is 0 Å². The molecule has 0 amide bonds. The lowest BCUT2D eigenvalue weighted by molar-refractivity contribution is -0.833. The zero-order chi connectivity index (χ0) is 66.0. The third kappa shape index (κ3) is 19.9. The van der Waals surface area contributed by atoms with E-state index in [0.717, 1.165) is 0 Å². The van der Waals surface area contributed by atoms with E-state index in [4.69, 9.17) is 0 Å². The minimum Gasteiger partial charge on any atom is -0.302 e. The van der Waals surface area contributed by atoms with Crippen molar-refractivity contribution in [3.8, 4) is 0 Å². The van der Waals surface area contributed by atoms with E-state index >= 15 is 35.1 Å². The van der Waals surface area contributed by atoms with Gasteiger partial charge in [0.2, 0.25) is 0 Å². The van der Waals surface area contributed by atoms with Gasteiger partial charge in [0, 0.05) is 0 Å². The highest BCUT2D eigenvalue weighted by atomic mass is 19.2. The number of benzene rings is 5. The van der Waals surface area contributed by atoms with Gasteiger partial charge in [-0.15, -0.1) is 21.9 Å². The first kappa shape index (κ1) is 76.2. The number of quaternary nitrogens is 1. The van der Waals surface area contributed by atoms with E-state index in [0.29, 0.717) is 0 Å². The van der Waals surface area contributed by atoms with Crippen molar-refractivity contribution in [1.82, 2.24) is 0 Å². The van der Waals surface area contributed by atoms with Crippen LogP contribution < -0.4 is 26.8 Å². The quantitative estimate of drug-likeness (QED) is 0.0131. The second-order valence-corrected chi connectivity index (χ2v) is 23.4. The maximum Gasteiger partial charge on any atom is 0.200 e. The molecule has 0 heterocycles. The monoisotopic (exact) mass is 1290 g/mol. The third-order valence-corrected chi connectivity index (χ3v) is 16.8. The molecule has 0 aliphatic rings. The van der Waals surface area contributed by atoms with Crippen molar-refractivity contribution >= 4 is 33.7 Å². The SMILES string of the molecule is CCCCCCCCCCCCCCCCCC[NH+](CCCCCCCCCCCCCCCCCC)c1ccc(C)cc1.Fc1c(F)c(F)c([B-](c2c(F)c(F)c(F)c(F)c2F)(c2c(F)c(F)c(F)c(F)c2F)c2c(F)c(F)c(F)c(F)c2F)c(F)c1F. The van der Waals surface area contributed by atoms with Crippen molar-refractivity contribution in [2.75, 3.05) is 13.1 Å². The van der Waals surface area contributed by atoms with E-state index in [1.54, 1.807) is 4.90 Å². The predicted molar refractivity (Wildman–Crippen MR) is 310 cm³/mol. The summed E-state index contributed by atoms with van der Waals surface area (Å²) in [5, 5.41) is 0. The van der Waals surface area contributed by atoms with Crippen LogP contribution in [-0.4, -0.2) is 19.2 Å². The molecule has 0 atom stereocenters. The standard InChI is InChI=1S/C43H81N.C24BF20/c1-4-6-8-10-12-14-16-18-20-22-24-26-28-30-32-34-40-44(43-38-36-42(3)37-39-43)41-35-33-31-29-27-25-23-21-19-17-15-13-11-9-7-5-2;26-5-1(6(27)14(35)21(42)13(5)34)25(2-7(28)15(36)22(43)16(37)8(2)29,3-9(30)17(38)23(44)18(39)10(3)31)4-11(32)19(40)24(45)20(41)12(4)33/h36-39H,4-35,40-41H2,1-3H3;/q;-1/p+1. The fourth-order valence-corrected chi connectivity index (χ4v) is 11.9. The van der Waals surface area contributed by atoms with E-state index in [2.05, 4.69) is 45.0 Å². The fourth-order valence-electron chi connectivity index (χ4n) is 11.9. The fraction of sp³-hybridized carbons (Fsp3) is 0.552. The van der Waals surface area contributed by atoms with Gasteiger partial charge in [-0.1, -0.05) is 211 Å². The minimum absolute atomic E-state index is 1.32. The Morgan fingerprint density at radius 3 is 0.562 bits per heavy atom. The molecule has 0 fully saturated rings. The lowest BCUT2D eigenvalue weighted by atomic mass is 9.12. The molecule has 89 heavy (non-hydrogen) atoms. The Labute approximate surface area is 510 Å². The topological polar surface area (TPSA) is 4.44 Å². The Hall–Kier alpha value is -5.28. The smallest absolute Gasteiger partial charge is 0.200 e. The molecule has 1 N–H and O–H groups in total. The summed E-state index contributed by atoms with van der Waals surface area (Å²) in [5.41, 5.74) is -11.4. The van der Waals surface area contributed by atoms with E-state index in [9.17, 15) is 52.7 Å². The molecule has 1 nitrogen and oxygen atoms in total. The lowest BCUT2D eigenvalue weighted by Crippen LogP contribution is -3.07. The first-order chi connectivity index (χ1) is 42.5. The molecule has 0 bridgehead atoms. The van der Waals surface area contributed by atoms with Crippen LogP contribution in [0.5, 0.6) is 0 Å². The van der Waals surface area contributed by atoms with Gasteiger partial charge in [0.25, 0.3) is 0 Å². The average molecular weight is 1290 g/mol. The Balaban J connectivity index is 0.000000381. The molecule has 5 rings (SSSR count). The van der Waals surface area contributed by atoms with Gasteiger partial charge in [-0.05, 0) is 44.7 Å². The predicted octanol–water partition coefficient (Wildman–Crippen LogP) is 19.9. The summed E-state index contributed by atoms with van der Waals surface area (Å²) >= 11 is 0. The molecular weight excluding hydrogens is 1210 g/mol. The zero-order valence-electron chi connectivity index (χ0n) is 51.0. The zero-order valence-corrected chi connectivity index (χ0v) is 51.0. The van der Waals surface area contributed by atoms with E-state index in [1.165, 1.54) is 230 Å². The minimum atomic E-state index is -7.22. The molecule has 22 heteroatoms. The first-order valence-corrected chi connectivity index (χ1v) is 31.6. The van der Waals surface area contributed by atoms with Gasteiger partial charge in [0.05, 0.1) is 13.1 Å². The van der Waals surface area contributed by atoms with Gasteiger partial charge in [-0.3, -0.25) is 0 Å². The summed E-state index contributed by atoms with van der Waals surface area (Å²) in [4.78, 5) is 1.74. The van der Waals surface area contributed by atoms with Crippen molar-refractivity contribution in [2.24, 2.45) is 0 Å². The van der Waals surface area contributed by atoms with Crippen molar-refractivity contribution in [3.05, 3.63) is 146 Å². The summed E-state index contributed by atoms with van der Waals surface area (Å²) in [6.45, 7) is 9.48. The van der Waals surface area contributed by atoms with Gasteiger partial charge < -0.3 is 4.90 Å². The summed E-state index contributed by atoms with van der Waals surface area (Å²) in [7, 11) is 0. The molecule has 0 radical (unpaired) electrons. The number of rotatable bonds is 39. The summed E-state index contributed by atoms with van der Waals surface area (Å²) in [5.74, 6) is -71.4. The Morgan fingerprint density at radius 2 is 0.382 bits per heavy atom. The second kappa shape index (κ2) is 38.5. The van der Waals surface area contributed by atoms with Crippen LogP contribution in [0.15, 0.2) is 24.3 Å². The summed E-state index contributed by atoms with van der Waals surface area (Å²) in [6.07, 6.45) is 39.2. The van der Waals surface area contributed by atoms with Crippen molar-refractivity contribution < 1.29 is 92.7 Å². The molecule has 0 aliphatic heterocycles. The number of aryl methyl sites for hydroxylation is 1. The highest BCUT2D eigenvalue weighted by Gasteiger charge is 2.52. The van der Waals surface area contributed by atoms with Crippen LogP contribution in [0.2, 0.25) is 0 Å². The van der Waals surface area contributed by atoms with Gasteiger partial charge in [0.15, 0.2) is 69.8 Å². The molecule has 5 aromatic rings. The summed E-state index contributed by atoms with van der Waals surface area (Å²) in [6, 6.07) is 9.42. The van der Waals surface area contributed by atoms with Crippen molar-refractivity contribution in [2.45, 2.75) is 226 Å². The van der Waals surface area contributed by atoms with Crippen LogP contribution in [0.3, 0.4) is 0 Å². The third-order valence-electron chi connectivity index (χ3n) is 16.8. The van der Waals surface area contributed by atoms with Crippen LogP contribution in [0.4, 0.5) is 93.5 Å². The van der Waals surface area contributed by atoms with Crippen LogP contribution in [0.25, 0.3) is 0 Å². The number of unbranched alkanes of at least 4 members (excludes halogenated alkanes) is 30. The Bertz CT molecular complexity index is 2570. The highest BCUT2D eigenvalue weighted by molar-refractivity contribution is 7.20. The van der Waals surface area contributed by atoms with Gasteiger partial charge in [-0.2, -0.15) is 0 Å². The largest absolute Gasteiger partial charge is 0.302 e. The first-order valence-electron chi connectivity index (χ1n) is 31.6. The van der Waals surface area contributed by atoms with Crippen LogP contribution in [0.1, 0.15) is 225 Å². The Kier molecular flexibility index (Phi) is 33.0. The molecule has 0 spiro atoms. The number of hydrogen-bond donors (Lipinski definition) is 1. The highest BCUT2D eigenvalue weighted by Crippen LogP contribution is 2.31. The van der Waals surface area contributed by atoms with E-state index < -0.39 is 144 Å². The number of nitrogens with one attached hydrogen (secondary N) is 1. The maximum absolute atomic E-state index is 15.4. The molecule has 0 saturated heterocycles. The van der Waals surface area contributed by atoms with Crippen LogP contribution >= 0.6 is 0 Å². The average Bonchev–Trinajstić information content (AvgIpc) is 0.865. The van der Waals surface area contributed by atoms with Gasteiger partial charge >= 0.3 is 0 Å². The molecule has 0 aliphatic carbocycles. The number of halogens is 20. The molecule has 0 saturated carbocycles. The van der Waals surface area contributed by atoms with Gasteiger partial charge in [-0.25, -0.2) is 87.8 Å². The maximum atomic E-state index is 15.4. The molecule has 0 aromatic heterocycles. The summed E-state index contributed by atoms with van der Waals surface area (Å²) < 4.78 is 294. The second-order valence-electron chi connectivity index (χ2n) is 23.4. The van der Waals surface area contributed by atoms with Crippen molar-refractivity contribution in [1.29, 1.82) is 0 Å². The normalized spacial score (nSPS) is 11.8.